The molecular formula is C28H42FN. The lowest BCUT2D eigenvalue weighted by atomic mass is 9.64. The summed E-state index contributed by atoms with van der Waals surface area (Å²) in [5, 5.41) is 0. The average Bonchev–Trinajstić information content (AvgIpc) is 2.79. The first-order valence-corrected chi connectivity index (χ1v) is 12.7. The number of hydrogen-bond donors (Lipinski definition) is 1. The molecule has 0 spiro atoms. The smallest absolute Gasteiger partial charge is 0.149 e. The van der Waals surface area contributed by atoms with E-state index in [0.29, 0.717) is 11.6 Å². The highest BCUT2D eigenvalue weighted by molar-refractivity contribution is 5.51. The van der Waals surface area contributed by atoms with Crippen molar-refractivity contribution < 1.29 is 4.39 Å². The maximum atomic E-state index is 14.7. The van der Waals surface area contributed by atoms with Gasteiger partial charge in [-0.2, -0.15) is 0 Å². The van der Waals surface area contributed by atoms with Crippen LogP contribution in [0.15, 0.2) is 24.8 Å². The van der Waals surface area contributed by atoms with Crippen LogP contribution in [0.4, 0.5) is 10.1 Å². The molecule has 3 fully saturated rings. The average molecular weight is 412 g/mol. The summed E-state index contributed by atoms with van der Waals surface area (Å²) < 4.78 is 14.7. The largest absolute Gasteiger partial charge is 0.396 e. The molecule has 0 radical (unpaired) electrons. The molecule has 4 rings (SSSR count). The van der Waals surface area contributed by atoms with Crippen molar-refractivity contribution in [1.29, 1.82) is 0 Å². The standard InChI is InChI=1S/C28H42FN/c1-3-4-20-6-8-21(9-7-20)22-10-12-23(13-11-22)24-14-16-25(17-15-24)26-18-5-19(2)28(30)27(26)29/h3,5,18,20-25H,1,4,6-17,30H2,2H3. The number of hydrogen-bond acceptors (Lipinski definition) is 1. The Kier molecular flexibility index (Phi) is 7.21. The lowest BCUT2D eigenvalue weighted by molar-refractivity contribution is 0.110. The summed E-state index contributed by atoms with van der Waals surface area (Å²) >= 11 is 0. The summed E-state index contributed by atoms with van der Waals surface area (Å²) in [7, 11) is 0. The first-order valence-electron chi connectivity index (χ1n) is 12.7. The molecule has 166 valence electrons. The van der Waals surface area contributed by atoms with Crippen LogP contribution >= 0.6 is 0 Å². The number of nitrogen functional groups attached to an aromatic ring is 1. The van der Waals surface area contributed by atoms with E-state index in [0.717, 1.165) is 53.6 Å². The highest BCUT2D eigenvalue weighted by Crippen LogP contribution is 2.47. The highest BCUT2D eigenvalue weighted by atomic mass is 19.1. The summed E-state index contributed by atoms with van der Waals surface area (Å²) in [6, 6.07) is 3.98. The van der Waals surface area contributed by atoms with E-state index in [1.165, 1.54) is 70.6 Å². The third kappa shape index (κ3) is 4.78. The molecule has 1 aromatic carbocycles. The Morgan fingerprint density at radius 2 is 1.30 bits per heavy atom. The molecule has 0 aromatic heterocycles. The zero-order valence-corrected chi connectivity index (χ0v) is 19.1. The van der Waals surface area contributed by atoms with Crippen LogP contribution in [-0.2, 0) is 0 Å². The van der Waals surface area contributed by atoms with Crippen molar-refractivity contribution in [1.82, 2.24) is 0 Å². The first kappa shape index (κ1) is 21.9. The van der Waals surface area contributed by atoms with Gasteiger partial charge in [-0.1, -0.05) is 18.2 Å². The molecule has 1 aromatic rings. The zero-order chi connectivity index (χ0) is 21.1. The quantitative estimate of drug-likeness (QED) is 0.383. The summed E-state index contributed by atoms with van der Waals surface area (Å²) in [5.41, 5.74) is 8.03. The molecule has 2 N–H and O–H groups in total. The van der Waals surface area contributed by atoms with Gasteiger partial charge in [0.15, 0.2) is 0 Å². The molecular weight excluding hydrogens is 369 g/mol. The summed E-state index contributed by atoms with van der Waals surface area (Å²) in [4.78, 5) is 0. The fourth-order valence-electron chi connectivity index (χ4n) is 7.14. The van der Waals surface area contributed by atoms with Gasteiger partial charge in [0, 0.05) is 0 Å². The van der Waals surface area contributed by atoms with Crippen molar-refractivity contribution in [2.24, 2.45) is 29.6 Å². The maximum absolute atomic E-state index is 14.7. The van der Waals surface area contributed by atoms with E-state index < -0.39 is 0 Å². The van der Waals surface area contributed by atoms with Gasteiger partial charge in [-0.15, -0.1) is 6.58 Å². The normalized spacial score (nSPS) is 35.1. The molecule has 1 nitrogen and oxygen atoms in total. The van der Waals surface area contributed by atoms with Gasteiger partial charge in [-0.3, -0.25) is 0 Å². The van der Waals surface area contributed by atoms with E-state index in [9.17, 15) is 4.39 Å². The highest BCUT2D eigenvalue weighted by Gasteiger charge is 2.35. The first-order chi connectivity index (χ1) is 14.6. The molecule has 2 heteroatoms. The number of halogens is 1. The molecule has 0 heterocycles. The Morgan fingerprint density at radius 1 is 0.833 bits per heavy atom. The number of benzene rings is 1. The molecule has 3 aliphatic rings. The number of aryl methyl sites for hydroxylation is 1. The van der Waals surface area contributed by atoms with E-state index in [1.807, 2.05) is 19.1 Å². The summed E-state index contributed by atoms with van der Waals surface area (Å²) in [6.07, 6.45) is 19.8. The Labute approximate surface area is 183 Å². The van der Waals surface area contributed by atoms with Crippen LogP contribution in [0.1, 0.15) is 101 Å². The molecule has 3 aliphatic carbocycles. The molecule has 0 unspecified atom stereocenters. The van der Waals surface area contributed by atoms with Crippen molar-refractivity contribution in [2.75, 3.05) is 5.73 Å². The van der Waals surface area contributed by atoms with Crippen molar-refractivity contribution in [2.45, 2.75) is 96.3 Å². The van der Waals surface area contributed by atoms with Gasteiger partial charge in [-0.05, 0) is 137 Å². The molecule has 0 aliphatic heterocycles. The minimum Gasteiger partial charge on any atom is -0.396 e. The van der Waals surface area contributed by atoms with Gasteiger partial charge in [0.1, 0.15) is 5.82 Å². The SMILES string of the molecule is C=CCC1CCC(C2CCC(C3CCC(c4ccc(C)c(N)c4F)CC3)CC2)CC1. The number of nitrogens with two attached hydrogens (primary N) is 1. The van der Waals surface area contributed by atoms with E-state index >= 15 is 0 Å². The van der Waals surface area contributed by atoms with E-state index in [4.69, 9.17) is 5.73 Å². The van der Waals surface area contributed by atoms with Crippen LogP contribution in [0.25, 0.3) is 0 Å². The lowest BCUT2D eigenvalue weighted by Crippen LogP contribution is -2.29. The third-order valence-electron chi connectivity index (χ3n) is 9.18. The minimum atomic E-state index is -0.151. The second kappa shape index (κ2) is 9.88. The number of anilines is 1. The molecule has 0 bridgehead atoms. The second-order valence-corrected chi connectivity index (χ2v) is 10.8. The van der Waals surface area contributed by atoms with Crippen LogP contribution in [0, 0.1) is 42.3 Å². The van der Waals surface area contributed by atoms with Crippen molar-refractivity contribution in [3.8, 4) is 0 Å². The third-order valence-corrected chi connectivity index (χ3v) is 9.18. The van der Waals surface area contributed by atoms with Gasteiger partial charge in [0.2, 0.25) is 0 Å². The van der Waals surface area contributed by atoms with Crippen LogP contribution in [0.2, 0.25) is 0 Å². The van der Waals surface area contributed by atoms with Gasteiger partial charge in [-0.25, -0.2) is 4.39 Å². The van der Waals surface area contributed by atoms with Crippen LogP contribution in [0.5, 0.6) is 0 Å². The molecule has 0 amide bonds. The second-order valence-electron chi connectivity index (χ2n) is 10.8. The fourth-order valence-corrected chi connectivity index (χ4v) is 7.14. The topological polar surface area (TPSA) is 26.0 Å². The Morgan fingerprint density at radius 3 is 1.80 bits per heavy atom. The molecule has 3 saturated carbocycles. The van der Waals surface area contributed by atoms with Gasteiger partial charge >= 0.3 is 0 Å². The summed E-state index contributed by atoms with van der Waals surface area (Å²) in [6.45, 7) is 5.82. The molecule has 0 atom stereocenters. The maximum Gasteiger partial charge on any atom is 0.149 e. The Hall–Kier alpha value is -1.31. The van der Waals surface area contributed by atoms with Crippen molar-refractivity contribution in [3.63, 3.8) is 0 Å². The van der Waals surface area contributed by atoms with Crippen LogP contribution in [0.3, 0.4) is 0 Å². The zero-order valence-electron chi connectivity index (χ0n) is 19.1. The van der Waals surface area contributed by atoms with Crippen molar-refractivity contribution >= 4 is 5.69 Å². The summed E-state index contributed by atoms with van der Waals surface area (Å²) in [5.74, 6) is 4.92. The van der Waals surface area contributed by atoms with Crippen LogP contribution < -0.4 is 5.73 Å². The predicted octanol–water partition coefficient (Wildman–Crippen LogP) is 8.18. The van der Waals surface area contributed by atoms with E-state index in [1.54, 1.807) is 0 Å². The van der Waals surface area contributed by atoms with E-state index in [-0.39, 0.29) is 5.82 Å². The van der Waals surface area contributed by atoms with Gasteiger partial charge in [0.05, 0.1) is 5.69 Å². The fraction of sp³-hybridized carbons (Fsp3) is 0.714. The number of allylic oxidation sites excluding steroid dienone is 1. The Bertz CT molecular complexity index is 702. The van der Waals surface area contributed by atoms with Gasteiger partial charge in [0.25, 0.3) is 0 Å². The molecule has 30 heavy (non-hydrogen) atoms. The minimum absolute atomic E-state index is 0.151. The number of rotatable bonds is 5. The lowest BCUT2D eigenvalue weighted by Gasteiger charge is -2.41. The predicted molar refractivity (Wildman–Crippen MR) is 126 cm³/mol. The Balaban J connectivity index is 1.23. The van der Waals surface area contributed by atoms with Gasteiger partial charge < -0.3 is 5.73 Å². The van der Waals surface area contributed by atoms with E-state index in [2.05, 4.69) is 12.7 Å². The van der Waals surface area contributed by atoms with Crippen LogP contribution in [-0.4, -0.2) is 0 Å². The van der Waals surface area contributed by atoms with Crippen molar-refractivity contribution in [3.05, 3.63) is 41.7 Å². The monoisotopic (exact) mass is 411 g/mol. The molecule has 0 saturated heterocycles.